The van der Waals surface area contributed by atoms with E-state index in [9.17, 15) is 9.59 Å². The molecule has 2 aromatic heterocycles. The summed E-state index contributed by atoms with van der Waals surface area (Å²) in [6.45, 7) is 8.22. The molecular formula is C25H32N7O6+. The highest BCUT2D eigenvalue weighted by Gasteiger charge is 2.53. The van der Waals surface area contributed by atoms with Crippen LogP contribution in [0.3, 0.4) is 0 Å². The molecule has 0 aliphatic carbocycles. The first-order valence-corrected chi connectivity index (χ1v) is 13.0. The molecule has 0 unspecified atom stereocenters. The number of benzene rings is 1. The van der Waals surface area contributed by atoms with Crippen LogP contribution in [-0.2, 0) is 16.5 Å². The van der Waals surface area contributed by atoms with Crippen molar-refractivity contribution in [3.05, 3.63) is 34.8 Å². The van der Waals surface area contributed by atoms with Crippen LogP contribution >= 0.6 is 0 Å². The summed E-state index contributed by atoms with van der Waals surface area (Å²) in [5.41, 5.74) is 1.90. The number of nitrogens with zero attached hydrogens (tertiary/aromatic N) is 6. The van der Waals surface area contributed by atoms with Gasteiger partial charge in [-0.15, -0.1) is 0 Å². The molecule has 0 saturated carbocycles. The minimum atomic E-state index is -0.434. The van der Waals surface area contributed by atoms with Crippen molar-refractivity contribution in [3.8, 4) is 5.88 Å². The number of aryl methyl sites for hydroxylation is 1. The molecule has 0 radical (unpaired) electrons. The summed E-state index contributed by atoms with van der Waals surface area (Å²) in [6.07, 6.45) is 0. The van der Waals surface area contributed by atoms with Crippen molar-refractivity contribution >= 4 is 34.6 Å². The Morgan fingerprint density at radius 1 is 1.05 bits per heavy atom. The number of nitrogens with one attached hydrogen (secondary N) is 1. The third-order valence-electron chi connectivity index (χ3n) is 7.31. The number of rotatable bonds is 7. The number of fused-ring (bicyclic) bond motifs is 1. The maximum absolute atomic E-state index is 13.5. The minimum Gasteiger partial charge on any atom is -0.476 e. The molecule has 1 N–H and O–H groups in total. The summed E-state index contributed by atoms with van der Waals surface area (Å²) in [7, 11) is 1.66. The highest BCUT2D eigenvalue weighted by atomic mass is 16.5. The summed E-state index contributed by atoms with van der Waals surface area (Å²) in [4.78, 5) is 39.0. The number of carbonyl (C=O) groups is 1. The third-order valence-corrected chi connectivity index (χ3v) is 7.31. The number of hydrogen-bond donors (Lipinski definition) is 1. The summed E-state index contributed by atoms with van der Waals surface area (Å²) in [6, 6.07) is 6.89. The molecule has 0 spiro atoms. The summed E-state index contributed by atoms with van der Waals surface area (Å²) >= 11 is 0. The van der Waals surface area contributed by atoms with Crippen molar-refractivity contribution in [2.75, 3.05) is 89.1 Å². The second kappa shape index (κ2) is 10.3. The molecule has 13 heteroatoms. The van der Waals surface area contributed by atoms with Gasteiger partial charge < -0.3 is 23.5 Å². The number of carbonyl (C=O) groups excluding carboxylic acids is 1. The molecule has 1 aromatic carbocycles. The lowest BCUT2D eigenvalue weighted by molar-refractivity contribution is 0.0320. The van der Waals surface area contributed by atoms with Gasteiger partial charge in [0.2, 0.25) is 11.8 Å². The predicted molar refractivity (Wildman–Crippen MR) is 140 cm³/mol. The molecule has 202 valence electrons. The standard InChI is InChI=1S/C25H31N7O6/c1-29-19-3-2-18(16-20(19)38-25(29)34)32(9-10-32)24(33)27-21-17-22(37-15-6-30-4-11-35-12-5-30)28-23(26-21)31-7-13-36-14-8-31/h2-3,16-17H,4-15H2,1H3/p+1. The van der Waals surface area contributed by atoms with E-state index in [1.165, 1.54) is 4.57 Å². The van der Waals surface area contributed by atoms with E-state index in [0.29, 0.717) is 74.7 Å². The fourth-order valence-corrected chi connectivity index (χ4v) is 4.84. The SMILES string of the molecule is Cn1c(=O)oc2cc([N+]3(C(=O)Nc4cc(OCCN5CCOCC5)nc(N5CCOCC5)n4)CC3)ccc21. The number of urea groups is 1. The van der Waals surface area contributed by atoms with Gasteiger partial charge in [0.05, 0.1) is 31.9 Å². The highest BCUT2D eigenvalue weighted by Crippen LogP contribution is 2.35. The van der Waals surface area contributed by atoms with Gasteiger partial charge in [-0.2, -0.15) is 14.5 Å². The maximum Gasteiger partial charge on any atom is 0.427 e. The van der Waals surface area contributed by atoms with Crippen LogP contribution < -0.4 is 25.2 Å². The Bertz CT molecular complexity index is 1370. The van der Waals surface area contributed by atoms with E-state index in [0.717, 1.165) is 38.5 Å². The molecule has 3 aliphatic heterocycles. The fourth-order valence-electron chi connectivity index (χ4n) is 4.84. The predicted octanol–water partition coefficient (Wildman–Crippen LogP) is 1.02. The zero-order valence-corrected chi connectivity index (χ0v) is 21.4. The van der Waals surface area contributed by atoms with Crippen molar-refractivity contribution in [1.82, 2.24) is 23.9 Å². The van der Waals surface area contributed by atoms with Gasteiger partial charge in [0.15, 0.2) is 5.58 Å². The molecule has 3 aromatic rings. The van der Waals surface area contributed by atoms with Crippen molar-refractivity contribution in [3.63, 3.8) is 0 Å². The summed E-state index contributed by atoms with van der Waals surface area (Å²) < 4.78 is 23.8. The van der Waals surface area contributed by atoms with Gasteiger partial charge in [-0.3, -0.25) is 14.8 Å². The van der Waals surface area contributed by atoms with Crippen LogP contribution in [0.4, 0.5) is 22.2 Å². The van der Waals surface area contributed by atoms with Crippen LogP contribution in [0.25, 0.3) is 11.1 Å². The number of hydrogen-bond acceptors (Lipinski definition) is 10. The van der Waals surface area contributed by atoms with Crippen LogP contribution in [0.5, 0.6) is 5.88 Å². The number of quaternary nitrogens is 1. The normalized spacial score (nSPS) is 19.4. The molecule has 0 bridgehead atoms. The number of morpholine rings is 2. The monoisotopic (exact) mass is 526 g/mol. The molecule has 6 rings (SSSR count). The van der Waals surface area contributed by atoms with Gasteiger partial charge in [0.1, 0.15) is 31.2 Å². The van der Waals surface area contributed by atoms with Crippen LogP contribution in [0.2, 0.25) is 0 Å². The number of amides is 2. The van der Waals surface area contributed by atoms with Crippen LogP contribution in [0.1, 0.15) is 0 Å². The van der Waals surface area contributed by atoms with E-state index < -0.39 is 5.76 Å². The first-order valence-electron chi connectivity index (χ1n) is 13.0. The van der Waals surface area contributed by atoms with Crippen molar-refractivity contribution in [2.24, 2.45) is 7.05 Å². The molecular weight excluding hydrogens is 494 g/mol. The topological polar surface area (TPSA) is 124 Å². The highest BCUT2D eigenvalue weighted by molar-refractivity contribution is 6.00. The molecule has 3 fully saturated rings. The molecule has 3 aliphatic rings. The zero-order chi connectivity index (χ0) is 26.1. The largest absolute Gasteiger partial charge is 0.476 e. The number of ether oxygens (including phenoxy) is 3. The maximum atomic E-state index is 13.5. The third kappa shape index (κ3) is 4.97. The Kier molecular flexibility index (Phi) is 6.74. The average Bonchev–Trinajstić information content (AvgIpc) is 3.71. The molecule has 2 amide bonds. The smallest absolute Gasteiger partial charge is 0.427 e. The van der Waals surface area contributed by atoms with Crippen molar-refractivity contribution in [2.45, 2.75) is 0 Å². The van der Waals surface area contributed by atoms with Crippen molar-refractivity contribution < 1.29 is 23.4 Å². The second-order valence-corrected chi connectivity index (χ2v) is 9.72. The summed E-state index contributed by atoms with van der Waals surface area (Å²) in [5, 5.41) is 2.99. The van der Waals surface area contributed by atoms with Crippen molar-refractivity contribution in [1.29, 1.82) is 0 Å². The summed E-state index contributed by atoms with van der Waals surface area (Å²) in [5.74, 6) is 0.855. The Morgan fingerprint density at radius 2 is 1.79 bits per heavy atom. The average molecular weight is 527 g/mol. The van der Waals surface area contributed by atoms with E-state index in [1.54, 1.807) is 19.2 Å². The Labute approximate surface area is 219 Å². The first-order chi connectivity index (χ1) is 18.5. The van der Waals surface area contributed by atoms with Gasteiger partial charge in [0.25, 0.3) is 0 Å². The number of oxazole rings is 1. The molecule has 13 nitrogen and oxygen atoms in total. The lowest BCUT2D eigenvalue weighted by atomic mass is 10.2. The quantitative estimate of drug-likeness (QED) is 0.353. The number of anilines is 2. The first kappa shape index (κ1) is 24.8. The van der Waals surface area contributed by atoms with Gasteiger partial charge in [-0.05, 0) is 6.07 Å². The number of aromatic nitrogens is 3. The Morgan fingerprint density at radius 3 is 2.53 bits per heavy atom. The molecule has 38 heavy (non-hydrogen) atoms. The van der Waals surface area contributed by atoms with Gasteiger partial charge >= 0.3 is 11.8 Å². The van der Waals surface area contributed by atoms with Crippen LogP contribution in [0, 0.1) is 0 Å². The van der Waals surface area contributed by atoms with Crippen LogP contribution in [-0.4, -0.2) is 104 Å². The van der Waals surface area contributed by atoms with Gasteiger partial charge in [-0.1, -0.05) is 0 Å². The Balaban J connectivity index is 1.21. The lowest BCUT2D eigenvalue weighted by Crippen LogP contribution is -2.40. The van der Waals surface area contributed by atoms with Crippen LogP contribution in [0.15, 0.2) is 33.5 Å². The Hall–Kier alpha value is -3.52. The van der Waals surface area contributed by atoms with Gasteiger partial charge in [-0.25, -0.2) is 9.59 Å². The van der Waals surface area contributed by atoms with E-state index in [2.05, 4.69) is 20.2 Å². The van der Waals surface area contributed by atoms with E-state index in [-0.39, 0.29) is 10.5 Å². The molecule has 0 atom stereocenters. The fraction of sp³-hybridized carbons (Fsp3) is 0.520. The second-order valence-electron chi connectivity index (χ2n) is 9.72. The molecule has 5 heterocycles. The van der Waals surface area contributed by atoms with Gasteiger partial charge in [0, 0.05) is 58.0 Å². The lowest BCUT2D eigenvalue weighted by Gasteiger charge is -2.28. The zero-order valence-electron chi connectivity index (χ0n) is 21.4. The molecule has 3 saturated heterocycles. The van der Waals surface area contributed by atoms with E-state index in [4.69, 9.17) is 18.6 Å². The minimum absolute atomic E-state index is 0.0959. The van der Waals surface area contributed by atoms with E-state index >= 15 is 0 Å². The van der Waals surface area contributed by atoms with E-state index in [1.807, 2.05) is 17.0 Å².